The second-order valence-corrected chi connectivity index (χ2v) is 5.65. The molecule has 0 aliphatic carbocycles. The van der Waals surface area contributed by atoms with Gasteiger partial charge in [-0.1, -0.05) is 35.3 Å². The van der Waals surface area contributed by atoms with Crippen molar-refractivity contribution >= 4 is 23.2 Å². The molecule has 1 aromatic rings. The highest BCUT2D eigenvalue weighted by atomic mass is 35.5. The Balaban J connectivity index is 2.81. The molecule has 3 nitrogen and oxygen atoms in total. The van der Waals surface area contributed by atoms with E-state index in [0.717, 1.165) is 18.4 Å². The van der Waals surface area contributed by atoms with E-state index in [-0.39, 0.29) is 11.6 Å². The lowest BCUT2D eigenvalue weighted by atomic mass is 9.95. The fourth-order valence-electron chi connectivity index (χ4n) is 1.71. The lowest BCUT2D eigenvalue weighted by molar-refractivity contribution is 0.0117. The molecule has 0 amide bonds. The van der Waals surface area contributed by atoms with Gasteiger partial charge in [0, 0.05) is 13.2 Å². The highest BCUT2D eigenvalue weighted by Gasteiger charge is 2.21. The molecule has 0 aromatic heterocycles. The fraction of sp³-hybridized carbons (Fsp3) is 0.538. The molecule has 3 N–H and O–H groups in total. The molecule has 18 heavy (non-hydrogen) atoms. The first-order chi connectivity index (χ1) is 8.41. The summed E-state index contributed by atoms with van der Waals surface area (Å²) >= 11 is 12.2. The molecular formula is C13H20Cl2N2O. The molecule has 102 valence electrons. The maximum absolute atomic E-state index is 6.19. The molecular weight excluding hydrogens is 271 g/mol. The minimum absolute atomic E-state index is 0.0365. The van der Waals surface area contributed by atoms with Crippen molar-refractivity contribution in [3.8, 4) is 0 Å². The predicted molar refractivity (Wildman–Crippen MR) is 76.8 cm³/mol. The van der Waals surface area contributed by atoms with Gasteiger partial charge in [-0.25, -0.2) is 0 Å². The van der Waals surface area contributed by atoms with Gasteiger partial charge in [0.1, 0.15) is 0 Å². The van der Waals surface area contributed by atoms with Crippen molar-refractivity contribution in [3.63, 3.8) is 0 Å². The van der Waals surface area contributed by atoms with Gasteiger partial charge in [0.2, 0.25) is 0 Å². The van der Waals surface area contributed by atoms with Gasteiger partial charge in [0.05, 0.1) is 15.6 Å². The van der Waals surface area contributed by atoms with Crippen LogP contribution < -0.4 is 11.3 Å². The molecule has 0 aliphatic heterocycles. The Kier molecular flexibility index (Phi) is 5.89. The van der Waals surface area contributed by atoms with Crippen molar-refractivity contribution < 1.29 is 4.74 Å². The first kappa shape index (κ1) is 15.7. The normalized spacial score (nSPS) is 13.7. The van der Waals surface area contributed by atoms with Crippen molar-refractivity contribution in [2.75, 3.05) is 7.11 Å². The summed E-state index contributed by atoms with van der Waals surface area (Å²) in [5.74, 6) is 5.60. The first-order valence-electron chi connectivity index (χ1n) is 5.86. The van der Waals surface area contributed by atoms with Crippen LogP contribution in [0.15, 0.2) is 18.2 Å². The third-order valence-electron chi connectivity index (χ3n) is 3.15. The van der Waals surface area contributed by atoms with E-state index in [1.165, 1.54) is 0 Å². The molecule has 1 aromatic carbocycles. The SMILES string of the molecule is COC(C)(C)CCC(NN)c1cccc(Cl)c1Cl. The molecule has 0 saturated heterocycles. The summed E-state index contributed by atoms with van der Waals surface area (Å²) in [6.45, 7) is 4.08. The molecule has 1 atom stereocenters. The monoisotopic (exact) mass is 290 g/mol. The summed E-state index contributed by atoms with van der Waals surface area (Å²) in [7, 11) is 1.71. The van der Waals surface area contributed by atoms with Gasteiger partial charge in [-0.05, 0) is 38.3 Å². The summed E-state index contributed by atoms with van der Waals surface area (Å²) in [6.07, 6.45) is 1.68. The molecule has 0 radical (unpaired) electrons. The zero-order chi connectivity index (χ0) is 13.8. The van der Waals surface area contributed by atoms with Gasteiger partial charge in [-0.3, -0.25) is 11.3 Å². The average Bonchev–Trinajstić information content (AvgIpc) is 2.35. The molecule has 0 heterocycles. The van der Waals surface area contributed by atoms with Crippen LogP contribution in [-0.2, 0) is 4.74 Å². The maximum atomic E-state index is 6.19. The van der Waals surface area contributed by atoms with E-state index in [4.69, 9.17) is 33.8 Å². The Morgan fingerprint density at radius 3 is 2.61 bits per heavy atom. The van der Waals surface area contributed by atoms with Gasteiger partial charge in [0.15, 0.2) is 0 Å². The van der Waals surface area contributed by atoms with Crippen LogP contribution in [0.25, 0.3) is 0 Å². The van der Waals surface area contributed by atoms with Gasteiger partial charge in [0.25, 0.3) is 0 Å². The number of nitrogens with two attached hydrogens (primary N) is 1. The summed E-state index contributed by atoms with van der Waals surface area (Å²) in [5.41, 5.74) is 3.52. The second-order valence-electron chi connectivity index (χ2n) is 4.86. The van der Waals surface area contributed by atoms with E-state index < -0.39 is 0 Å². The number of methoxy groups -OCH3 is 1. The summed E-state index contributed by atoms with van der Waals surface area (Å²) in [5, 5.41) is 1.10. The Hall–Kier alpha value is -0.320. The van der Waals surface area contributed by atoms with Crippen molar-refractivity contribution in [2.24, 2.45) is 5.84 Å². The van der Waals surface area contributed by atoms with Crippen molar-refractivity contribution in [2.45, 2.75) is 38.3 Å². The lowest BCUT2D eigenvalue weighted by Crippen LogP contribution is -2.31. The number of ether oxygens (including phenoxy) is 1. The number of hydrogen-bond acceptors (Lipinski definition) is 3. The second kappa shape index (κ2) is 6.73. The standard InChI is InChI=1S/C13H20Cl2N2O/c1-13(2,18-3)8-7-11(17-16)9-5-4-6-10(14)12(9)15/h4-6,11,17H,7-8,16H2,1-3H3. The van der Waals surface area contributed by atoms with Crippen molar-refractivity contribution in [1.29, 1.82) is 0 Å². The summed E-state index contributed by atoms with van der Waals surface area (Å²) in [6, 6.07) is 5.53. The number of benzene rings is 1. The number of halogens is 2. The number of rotatable bonds is 6. The zero-order valence-electron chi connectivity index (χ0n) is 11.0. The zero-order valence-corrected chi connectivity index (χ0v) is 12.5. The molecule has 0 saturated carbocycles. The van der Waals surface area contributed by atoms with Crippen LogP contribution in [0.3, 0.4) is 0 Å². The summed E-state index contributed by atoms with van der Waals surface area (Å²) < 4.78 is 5.39. The molecule has 0 aliphatic rings. The maximum Gasteiger partial charge on any atom is 0.0640 e. The van der Waals surface area contributed by atoms with Crippen LogP contribution in [0.4, 0.5) is 0 Å². The van der Waals surface area contributed by atoms with Crippen molar-refractivity contribution in [1.82, 2.24) is 5.43 Å². The van der Waals surface area contributed by atoms with E-state index in [1.54, 1.807) is 13.2 Å². The van der Waals surface area contributed by atoms with Crippen LogP contribution in [0.2, 0.25) is 10.0 Å². The van der Waals surface area contributed by atoms with E-state index in [9.17, 15) is 0 Å². The van der Waals surface area contributed by atoms with Gasteiger partial charge in [-0.2, -0.15) is 0 Å². The Morgan fingerprint density at radius 1 is 1.39 bits per heavy atom. The fourth-order valence-corrected chi connectivity index (χ4v) is 2.15. The van der Waals surface area contributed by atoms with Crippen LogP contribution in [0.5, 0.6) is 0 Å². The summed E-state index contributed by atoms with van der Waals surface area (Å²) in [4.78, 5) is 0. The minimum Gasteiger partial charge on any atom is -0.379 e. The van der Waals surface area contributed by atoms with E-state index in [1.807, 2.05) is 26.0 Å². The minimum atomic E-state index is -0.180. The van der Waals surface area contributed by atoms with Crippen molar-refractivity contribution in [3.05, 3.63) is 33.8 Å². The van der Waals surface area contributed by atoms with Gasteiger partial charge < -0.3 is 4.74 Å². The largest absolute Gasteiger partial charge is 0.379 e. The van der Waals surface area contributed by atoms with Crippen LogP contribution in [0.1, 0.15) is 38.3 Å². The third kappa shape index (κ3) is 4.11. The number of hydrazine groups is 1. The van der Waals surface area contributed by atoms with Gasteiger partial charge in [-0.15, -0.1) is 0 Å². The highest BCUT2D eigenvalue weighted by Crippen LogP contribution is 2.32. The number of hydrogen-bond donors (Lipinski definition) is 2. The molecule has 0 spiro atoms. The van der Waals surface area contributed by atoms with E-state index in [0.29, 0.717) is 10.0 Å². The highest BCUT2D eigenvalue weighted by molar-refractivity contribution is 6.42. The quantitative estimate of drug-likeness (QED) is 0.620. The molecule has 5 heteroatoms. The lowest BCUT2D eigenvalue weighted by Gasteiger charge is -2.26. The molecule has 1 rings (SSSR count). The number of nitrogens with one attached hydrogen (secondary N) is 1. The van der Waals surface area contributed by atoms with Crippen LogP contribution in [-0.4, -0.2) is 12.7 Å². The Morgan fingerprint density at radius 2 is 2.06 bits per heavy atom. The average molecular weight is 291 g/mol. The van der Waals surface area contributed by atoms with E-state index >= 15 is 0 Å². The molecule has 1 unspecified atom stereocenters. The smallest absolute Gasteiger partial charge is 0.0640 e. The predicted octanol–water partition coefficient (Wildman–Crippen LogP) is 3.70. The first-order valence-corrected chi connectivity index (χ1v) is 6.62. The Labute approximate surface area is 119 Å². The molecule has 0 fully saturated rings. The Bertz CT molecular complexity index is 397. The van der Waals surface area contributed by atoms with E-state index in [2.05, 4.69) is 5.43 Å². The molecule has 0 bridgehead atoms. The van der Waals surface area contributed by atoms with Crippen LogP contribution in [0, 0.1) is 0 Å². The van der Waals surface area contributed by atoms with Gasteiger partial charge >= 0.3 is 0 Å². The topological polar surface area (TPSA) is 47.3 Å². The van der Waals surface area contributed by atoms with Crippen LogP contribution >= 0.6 is 23.2 Å². The third-order valence-corrected chi connectivity index (χ3v) is 3.98.